The Morgan fingerprint density at radius 3 is 2.63 bits per heavy atom. The summed E-state index contributed by atoms with van der Waals surface area (Å²) in [5, 5.41) is 21.2. The topological polar surface area (TPSA) is 101 Å². The van der Waals surface area contributed by atoms with Crippen molar-refractivity contribution >= 4 is 17.5 Å². The summed E-state index contributed by atoms with van der Waals surface area (Å²) in [6, 6.07) is 0. The Balaban J connectivity index is 1.83. The fourth-order valence-electron chi connectivity index (χ4n) is 7.66. The second-order valence-electron chi connectivity index (χ2n) is 10.3. The summed E-state index contributed by atoms with van der Waals surface area (Å²) >= 11 is 0. The molecule has 3 fully saturated rings. The van der Waals surface area contributed by atoms with Crippen LogP contribution in [-0.2, 0) is 19.1 Å². The second-order valence-corrected chi connectivity index (χ2v) is 10.3. The number of allylic oxidation sites excluding steroid dienone is 4. The third kappa shape index (κ3) is 2.65. The molecular weight excluding hydrogens is 384 g/mol. The van der Waals surface area contributed by atoms with E-state index in [2.05, 4.69) is 6.92 Å². The molecule has 0 aromatic carbocycles. The molecule has 3 saturated carbocycles. The standard InChI is InChI=1S/C24H32O6/c1-13-9-18-17-6-5-15-10-16(27)7-8-22(15,3)21(17)19(30-14(2)26)11-23(18,4)24(13,29)20(28)12-25/h7-8,10,13,17-19,21,25,29H,5-6,9,11-12H2,1-4H3/t13-,17+,18+,19+,21-,22+,23+,24+/m1/s1. The number of Topliss-reactive ketones (excluding diaryl/α,β-unsaturated/α-hetero) is 1. The summed E-state index contributed by atoms with van der Waals surface area (Å²) in [6.07, 6.45) is 7.44. The molecule has 0 saturated heterocycles. The van der Waals surface area contributed by atoms with Crippen LogP contribution in [0.25, 0.3) is 0 Å². The SMILES string of the molecule is CC(=O)O[C@H]1C[C@@]2(C)[C@@H](C[C@@H](C)[C@]2(O)C(=O)CO)[C@@H]2CCC3=CC(=O)C=C[C@]3(C)[C@H]21. The summed E-state index contributed by atoms with van der Waals surface area (Å²) in [5.41, 5.74) is -1.77. The molecule has 0 aliphatic heterocycles. The number of rotatable bonds is 3. The first-order chi connectivity index (χ1) is 14.0. The maximum absolute atomic E-state index is 12.8. The van der Waals surface area contributed by atoms with Gasteiger partial charge in [-0.1, -0.05) is 32.4 Å². The number of esters is 1. The summed E-state index contributed by atoms with van der Waals surface area (Å²) in [4.78, 5) is 36.8. The third-order valence-corrected chi connectivity index (χ3v) is 8.94. The van der Waals surface area contributed by atoms with Gasteiger partial charge in [-0.2, -0.15) is 0 Å². The molecule has 0 amide bonds. The maximum Gasteiger partial charge on any atom is 0.302 e. The first-order valence-electron chi connectivity index (χ1n) is 11.0. The van der Waals surface area contributed by atoms with Gasteiger partial charge in [0.15, 0.2) is 11.6 Å². The Morgan fingerprint density at radius 2 is 2.00 bits per heavy atom. The predicted octanol–water partition coefficient (Wildman–Crippen LogP) is 2.37. The minimum atomic E-state index is -1.65. The minimum Gasteiger partial charge on any atom is -0.462 e. The monoisotopic (exact) mass is 416 g/mol. The Hall–Kier alpha value is -1.79. The van der Waals surface area contributed by atoms with Crippen LogP contribution in [0.1, 0.15) is 53.4 Å². The highest BCUT2D eigenvalue weighted by atomic mass is 16.5. The van der Waals surface area contributed by atoms with Crippen LogP contribution in [0.5, 0.6) is 0 Å². The highest BCUT2D eigenvalue weighted by molar-refractivity contribution is 6.01. The maximum atomic E-state index is 12.8. The molecule has 0 unspecified atom stereocenters. The average molecular weight is 417 g/mol. The Labute approximate surface area is 177 Å². The zero-order valence-electron chi connectivity index (χ0n) is 18.2. The lowest BCUT2D eigenvalue weighted by molar-refractivity contribution is -0.194. The zero-order chi connectivity index (χ0) is 22.1. The number of fused-ring (bicyclic) bond motifs is 5. The first-order valence-corrected chi connectivity index (χ1v) is 11.0. The van der Waals surface area contributed by atoms with Gasteiger partial charge in [-0.3, -0.25) is 14.4 Å². The zero-order valence-corrected chi connectivity index (χ0v) is 18.2. The third-order valence-electron chi connectivity index (χ3n) is 8.94. The smallest absolute Gasteiger partial charge is 0.302 e. The second kappa shape index (κ2) is 6.86. The fraction of sp³-hybridized carbons (Fsp3) is 0.708. The van der Waals surface area contributed by atoms with Gasteiger partial charge in [-0.15, -0.1) is 0 Å². The summed E-state index contributed by atoms with van der Waals surface area (Å²) < 4.78 is 5.85. The molecule has 0 radical (unpaired) electrons. The van der Waals surface area contributed by atoms with E-state index in [4.69, 9.17) is 4.74 Å². The number of hydrogen-bond acceptors (Lipinski definition) is 6. The molecule has 164 valence electrons. The first kappa shape index (κ1) is 21.4. The molecule has 0 heterocycles. The van der Waals surface area contributed by atoms with Gasteiger partial charge in [0, 0.05) is 23.7 Å². The van der Waals surface area contributed by atoms with Crippen molar-refractivity contribution in [3.63, 3.8) is 0 Å². The molecule has 0 aromatic rings. The van der Waals surface area contributed by atoms with E-state index in [1.807, 2.05) is 19.9 Å². The van der Waals surface area contributed by atoms with Crippen LogP contribution < -0.4 is 0 Å². The number of carbonyl (C=O) groups excluding carboxylic acids is 3. The number of aliphatic hydroxyl groups excluding tert-OH is 1. The Kier molecular flexibility index (Phi) is 4.90. The van der Waals surface area contributed by atoms with Gasteiger partial charge in [0.25, 0.3) is 0 Å². The molecule has 30 heavy (non-hydrogen) atoms. The normalized spacial score (nSPS) is 47.1. The highest BCUT2D eigenvalue weighted by Crippen LogP contribution is 2.68. The van der Waals surface area contributed by atoms with Crippen molar-refractivity contribution in [2.75, 3.05) is 6.61 Å². The van der Waals surface area contributed by atoms with Crippen LogP contribution >= 0.6 is 0 Å². The Morgan fingerprint density at radius 1 is 1.30 bits per heavy atom. The van der Waals surface area contributed by atoms with E-state index in [9.17, 15) is 24.6 Å². The lowest BCUT2D eigenvalue weighted by atomic mass is 9.46. The van der Waals surface area contributed by atoms with E-state index in [-0.39, 0.29) is 35.4 Å². The number of ketones is 2. The van der Waals surface area contributed by atoms with Gasteiger partial charge in [0.2, 0.25) is 0 Å². The molecular formula is C24H32O6. The predicted molar refractivity (Wildman–Crippen MR) is 109 cm³/mol. The van der Waals surface area contributed by atoms with Gasteiger partial charge in [0.1, 0.15) is 18.3 Å². The molecule has 0 bridgehead atoms. The van der Waals surface area contributed by atoms with Gasteiger partial charge >= 0.3 is 5.97 Å². The van der Waals surface area contributed by atoms with Crippen LogP contribution in [0.3, 0.4) is 0 Å². The van der Waals surface area contributed by atoms with Crippen molar-refractivity contribution in [2.24, 2.45) is 34.5 Å². The molecule has 0 spiro atoms. The van der Waals surface area contributed by atoms with Crippen LogP contribution in [0.4, 0.5) is 0 Å². The molecule has 6 heteroatoms. The van der Waals surface area contributed by atoms with Gasteiger partial charge in [-0.05, 0) is 55.6 Å². The summed E-state index contributed by atoms with van der Waals surface area (Å²) in [5.74, 6) is -1.07. The van der Waals surface area contributed by atoms with E-state index in [0.717, 1.165) is 18.4 Å². The molecule has 2 N–H and O–H groups in total. The number of aliphatic hydroxyl groups is 2. The molecule has 4 rings (SSSR count). The summed E-state index contributed by atoms with van der Waals surface area (Å²) in [6.45, 7) is 6.59. The van der Waals surface area contributed by atoms with Gasteiger partial charge in [0.05, 0.1) is 0 Å². The van der Waals surface area contributed by atoms with Crippen molar-refractivity contribution < 1.29 is 29.3 Å². The summed E-state index contributed by atoms with van der Waals surface area (Å²) in [7, 11) is 0. The van der Waals surface area contributed by atoms with E-state index < -0.39 is 34.9 Å². The molecule has 4 aliphatic rings. The van der Waals surface area contributed by atoms with E-state index in [1.54, 1.807) is 12.2 Å². The van der Waals surface area contributed by atoms with E-state index in [1.165, 1.54) is 6.92 Å². The highest BCUT2D eigenvalue weighted by Gasteiger charge is 2.71. The largest absolute Gasteiger partial charge is 0.462 e. The quantitative estimate of drug-likeness (QED) is 0.685. The van der Waals surface area contributed by atoms with Crippen LogP contribution in [0, 0.1) is 34.5 Å². The molecule has 6 nitrogen and oxygen atoms in total. The van der Waals surface area contributed by atoms with Crippen LogP contribution in [-0.4, -0.2) is 46.1 Å². The van der Waals surface area contributed by atoms with E-state index in [0.29, 0.717) is 12.8 Å². The van der Waals surface area contributed by atoms with Gasteiger partial charge in [-0.25, -0.2) is 0 Å². The lowest BCUT2D eigenvalue weighted by Gasteiger charge is -2.60. The van der Waals surface area contributed by atoms with Crippen LogP contribution in [0.15, 0.2) is 23.8 Å². The van der Waals surface area contributed by atoms with Crippen molar-refractivity contribution in [1.82, 2.24) is 0 Å². The average Bonchev–Trinajstić information content (AvgIpc) is 2.88. The Bertz CT molecular complexity index is 858. The fourth-order valence-corrected chi connectivity index (χ4v) is 7.66. The molecule has 0 aromatic heterocycles. The van der Waals surface area contributed by atoms with Crippen molar-refractivity contribution in [3.8, 4) is 0 Å². The number of hydrogen-bond donors (Lipinski definition) is 2. The van der Waals surface area contributed by atoms with Crippen molar-refractivity contribution in [1.29, 1.82) is 0 Å². The van der Waals surface area contributed by atoms with Crippen LogP contribution in [0.2, 0.25) is 0 Å². The molecule has 4 aliphatic carbocycles. The number of ether oxygens (including phenoxy) is 1. The van der Waals surface area contributed by atoms with Crippen molar-refractivity contribution in [2.45, 2.75) is 65.1 Å². The van der Waals surface area contributed by atoms with Gasteiger partial charge < -0.3 is 14.9 Å². The molecule has 8 atom stereocenters. The van der Waals surface area contributed by atoms with Crippen molar-refractivity contribution in [3.05, 3.63) is 23.8 Å². The number of carbonyl (C=O) groups is 3. The minimum absolute atomic E-state index is 0.0111. The van der Waals surface area contributed by atoms with E-state index >= 15 is 0 Å². The lowest BCUT2D eigenvalue weighted by Crippen LogP contribution is -2.63.